The number of nitrogens with zero attached hydrogens (tertiary/aromatic N) is 5. The molecule has 2 aromatic heterocycles. The zero-order valence-corrected chi connectivity index (χ0v) is 34.0. The lowest BCUT2D eigenvalue weighted by Crippen LogP contribution is -2.44. The van der Waals surface area contributed by atoms with Crippen LogP contribution in [0.1, 0.15) is 73.7 Å². The van der Waals surface area contributed by atoms with Crippen molar-refractivity contribution in [2.75, 3.05) is 25.0 Å². The summed E-state index contributed by atoms with van der Waals surface area (Å²) in [6, 6.07) is 18.6. The van der Waals surface area contributed by atoms with Crippen LogP contribution in [0, 0.1) is 25.2 Å². The molecule has 0 radical (unpaired) electrons. The topological polar surface area (TPSA) is 161 Å². The van der Waals surface area contributed by atoms with E-state index in [1.54, 1.807) is 30.6 Å². The Kier molecular flexibility index (Phi) is 13.0. The Morgan fingerprint density at radius 3 is 2.52 bits per heavy atom. The van der Waals surface area contributed by atoms with Crippen LogP contribution >= 0.6 is 22.9 Å². The van der Waals surface area contributed by atoms with Gasteiger partial charge in [-0.2, -0.15) is 5.26 Å². The molecular formula is C44H45ClN6O6S. The number of hydrogen-bond acceptors (Lipinski definition) is 11. The molecule has 14 heteroatoms. The first kappa shape index (κ1) is 40.8. The molecule has 2 aliphatic heterocycles. The van der Waals surface area contributed by atoms with E-state index in [0.29, 0.717) is 70.9 Å². The second kappa shape index (κ2) is 18.5. The fourth-order valence-electron chi connectivity index (χ4n) is 7.60. The molecule has 4 heterocycles. The van der Waals surface area contributed by atoms with Crippen LogP contribution in [0.25, 0.3) is 11.1 Å². The number of piperidine rings is 1. The van der Waals surface area contributed by atoms with Gasteiger partial charge in [0.2, 0.25) is 0 Å². The lowest BCUT2D eigenvalue weighted by atomic mass is 9.93. The number of nitrogens with one attached hydrogen (secondary N) is 1. The summed E-state index contributed by atoms with van der Waals surface area (Å²) in [6.07, 6.45) is 7.65. The van der Waals surface area contributed by atoms with Gasteiger partial charge in [-0.1, -0.05) is 48.4 Å². The molecule has 7 rings (SSSR count). The number of aliphatic carboxylic acids is 1. The van der Waals surface area contributed by atoms with Gasteiger partial charge in [0.25, 0.3) is 5.91 Å². The van der Waals surface area contributed by atoms with Crippen molar-refractivity contribution in [2.45, 2.75) is 78.0 Å². The maximum Gasteiger partial charge on any atom is 0.320 e. The molecule has 0 saturated carbocycles. The van der Waals surface area contributed by atoms with E-state index in [0.717, 1.165) is 64.1 Å². The maximum absolute atomic E-state index is 13.3. The van der Waals surface area contributed by atoms with Crippen molar-refractivity contribution in [2.24, 2.45) is 0 Å². The molecule has 3 aromatic carbocycles. The molecule has 2 atom stereocenters. The van der Waals surface area contributed by atoms with Gasteiger partial charge in [0.15, 0.2) is 5.01 Å². The quantitative estimate of drug-likeness (QED) is 0.100. The second-order valence-corrected chi connectivity index (χ2v) is 16.3. The van der Waals surface area contributed by atoms with Crippen LogP contribution in [-0.2, 0) is 31.1 Å². The van der Waals surface area contributed by atoms with E-state index in [1.807, 2.05) is 55.1 Å². The summed E-state index contributed by atoms with van der Waals surface area (Å²) in [5.74, 6) is -0.214. The highest BCUT2D eigenvalue weighted by Gasteiger charge is 2.29. The number of benzene rings is 3. The third kappa shape index (κ3) is 9.66. The minimum Gasteiger partial charge on any atom is -0.488 e. The Balaban J connectivity index is 1.08. The van der Waals surface area contributed by atoms with Crippen molar-refractivity contribution < 1.29 is 29.3 Å². The van der Waals surface area contributed by atoms with Crippen LogP contribution in [0.2, 0.25) is 5.02 Å². The van der Waals surface area contributed by atoms with Gasteiger partial charge in [0, 0.05) is 72.5 Å². The Morgan fingerprint density at radius 2 is 1.74 bits per heavy atom. The number of aliphatic hydroxyl groups is 1. The van der Waals surface area contributed by atoms with Gasteiger partial charge >= 0.3 is 5.97 Å². The maximum atomic E-state index is 13.3. The highest BCUT2D eigenvalue weighted by atomic mass is 35.5. The molecule has 58 heavy (non-hydrogen) atoms. The number of carboxylic acid groups (broad SMARTS) is 1. The highest BCUT2D eigenvalue weighted by Crippen LogP contribution is 2.37. The van der Waals surface area contributed by atoms with E-state index in [4.69, 9.17) is 21.1 Å². The van der Waals surface area contributed by atoms with Crippen molar-refractivity contribution >= 4 is 40.5 Å². The highest BCUT2D eigenvalue weighted by molar-refractivity contribution is 7.13. The van der Waals surface area contributed by atoms with E-state index >= 15 is 0 Å². The van der Waals surface area contributed by atoms with Crippen LogP contribution < -0.4 is 14.8 Å². The van der Waals surface area contributed by atoms with Gasteiger partial charge in [-0.3, -0.25) is 24.4 Å². The number of aromatic nitrogens is 2. The van der Waals surface area contributed by atoms with Gasteiger partial charge in [0.05, 0.1) is 16.7 Å². The number of thiazole rings is 1. The minimum atomic E-state index is -0.849. The Bertz CT molecular complexity index is 2350. The van der Waals surface area contributed by atoms with E-state index < -0.39 is 12.0 Å². The number of anilines is 1. The van der Waals surface area contributed by atoms with E-state index in [-0.39, 0.29) is 25.2 Å². The lowest BCUT2D eigenvalue weighted by Gasteiger charge is -2.33. The molecule has 300 valence electrons. The number of hydrogen-bond donors (Lipinski definition) is 3. The molecular weight excluding hydrogens is 776 g/mol. The van der Waals surface area contributed by atoms with Crippen molar-refractivity contribution in [1.82, 2.24) is 19.8 Å². The predicted molar refractivity (Wildman–Crippen MR) is 222 cm³/mol. The zero-order valence-electron chi connectivity index (χ0n) is 32.4. The number of halogens is 1. The van der Waals surface area contributed by atoms with Gasteiger partial charge in [-0.05, 0) is 85.7 Å². The first-order valence-electron chi connectivity index (χ1n) is 19.3. The van der Waals surface area contributed by atoms with E-state index in [2.05, 4.69) is 26.3 Å². The smallest absolute Gasteiger partial charge is 0.320 e. The number of aliphatic hydroxyl groups excluding tert-OH is 1. The van der Waals surface area contributed by atoms with Crippen molar-refractivity contribution in [1.29, 1.82) is 5.26 Å². The van der Waals surface area contributed by atoms with Gasteiger partial charge in [-0.25, -0.2) is 4.98 Å². The molecule has 0 spiro atoms. The standard InChI is InChI=1S/C44H45ClN6O6S/c1-27-31(7-5-8-35(27)36-9-6-10-38(28(36)2)49-42(53)43-48-21-34(58-43)24-50-14-12-33(52)23-50)26-57-41-17-40(56-25-30-15-29(18-46)19-47-20-30)32(16-37(41)45)22-51-13-4-3-11-39(51)44(54)55/h5-10,15-17,19-21,33,39,52H,3-4,11-14,22-26H2,1-2H3,(H,49,53)(H,54,55)/t33-,39+/m1/s1. The summed E-state index contributed by atoms with van der Waals surface area (Å²) in [6.45, 7) is 7.45. The monoisotopic (exact) mass is 820 g/mol. The van der Waals surface area contributed by atoms with Crippen LogP contribution in [0.4, 0.5) is 5.69 Å². The number of carboxylic acids is 1. The summed E-state index contributed by atoms with van der Waals surface area (Å²) in [7, 11) is 0. The largest absolute Gasteiger partial charge is 0.488 e. The van der Waals surface area contributed by atoms with Crippen LogP contribution in [0.3, 0.4) is 0 Å². The number of carbonyl (C=O) groups is 2. The first-order chi connectivity index (χ1) is 28.1. The molecule has 2 fully saturated rings. The summed E-state index contributed by atoms with van der Waals surface area (Å²) in [4.78, 5) is 39.0. The fraction of sp³-hybridized carbons (Fsp3) is 0.341. The number of carbonyl (C=O) groups excluding carboxylic acids is 1. The van der Waals surface area contributed by atoms with Gasteiger partial charge < -0.3 is 25.0 Å². The summed E-state index contributed by atoms with van der Waals surface area (Å²) in [5.41, 5.74) is 7.37. The predicted octanol–water partition coefficient (Wildman–Crippen LogP) is 7.76. The second-order valence-electron chi connectivity index (χ2n) is 14.8. The van der Waals surface area contributed by atoms with Crippen molar-refractivity contribution in [3.8, 4) is 28.7 Å². The summed E-state index contributed by atoms with van der Waals surface area (Å²) >= 11 is 8.23. The fourth-order valence-corrected chi connectivity index (χ4v) is 8.69. The normalized spacial score (nSPS) is 17.2. The molecule has 0 bridgehead atoms. The van der Waals surface area contributed by atoms with E-state index in [1.165, 1.54) is 17.5 Å². The number of nitriles is 1. The van der Waals surface area contributed by atoms with E-state index in [9.17, 15) is 25.1 Å². The molecule has 2 saturated heterocycles. The van der Waals surface area contributed by atoms with Crippen molar-refractivity contribution in [3.63, 3.8) is 0 Å². The van der Waals surface area contributed by atoms with Crippen LogP contribution in [0.5, 0.6) is 11.5 Å². The summed E-state index contributed by atoms with van der Waals surface area (Å²) in [5, 5.41) is 33.0. The third-order valence-electron chi connectivity index (χ3n) is 10.8. The number of likely N-dealkylation sites (tertiary alicyclic amines) is 2. The molecule has 1 amide bonds. The molecule has 5 aromatic rings. The number of β-amino-alcohol motifs (C(OH)–C–C–N with tert-alkyl or cyclic N) is 1. The van der Waals surface area contributed by atoms with Gasteiger partial charge in [-0.15, -0.1) is 11.3 Å². The number of rotatable bonds is 14. The average molecular weight is 821 g/mol. The van der Waals surface area contributed by atoms with Gasteiger partial charge in [0.1, 0.15) is 36.8 Å². The van der Waals surface area contributed by atoms with Crippen molar-refractivity contribution in [3.05, 3.63) is 121 Å². The first-order valence-corrected chi connectivity index (χ1v) is 20.5. The lowest BCUT2D eigenvalue weighted by molar-refractivity contribution is -0.144. The zero-order chi connectivity index (χ0) is 40.8. The Labute approximate surface area is 346 Å². The Hall–Kier alpha value is -5.36. The minimum absolute atomic E-state index is 0.133. The number of amides is 1. The molecule has 2 aliphatic rings. The van der Waals surface area contributed by atoms with Crippen LogP contribution in [-0.4, -0.2) is 73.6 Å². The summed E-state index contributed by atoms with van der Waals surface area (Å²) < 4.78 is 12.7. The third-order valence-corrected chi connectivity index (χ3v) is 12.1. The molecule has 12 nitrogen and oxygen atoms in total. The Morgan fingerprint density at radius 1 is 0.948 bits per heavy atom. The average Bonchev–Trinajstić information content (AvgIpc) is 3.87. The van der Waals surface area contributed by atoms with Crippen LogP contribution in [0.15, 0.2) is 73.2 Å². The number of pyridine rings is 1. The molecule has 3 N–H and O–H groups in total. The SMILES string of the molecule is Cc1c(COc2cc(OCc3cncc(C#N)c3)c(CN3CCCC[C@H]3C(=O)O)cc2Cl)cccc1-c1cccc(NC(=O)c2ncc(CN3CC[C@@H](O)C3)s2)c1C. The number of ether oxygens (including phenoxy) is 2. The molecule has 0 aliphatic carbocycles. The molecule has 0 unspecified atom stereocenters.